The fraction of sp³-hybridized carbons (Fsp3) is 0.625. The molecule has 0 aliphatic heterocycles. The lowest BCUT2D eigenvalue weighted by Crippen LogP contribution is -2.68. The zero-order valence-corrected chi connectivity index (χ0v) is 9.37. The van der Waals surface area contributed by atoms with Gasteiger partial charge in [0.15, 0.2) is 5.76 Å². The first-order valence-corrected chi connectivity index (χ1v) is 5.65. The van der Waals surface area contributed by atoms with Crippen molar-refractivity contribution in [3.63, 3.8) is 0 Å². The van der Waals surface area contributed by atoms with Gasteiger partial charge >= 0.3 is 0 Å². The molecule has 7 heteroatoms. The van der Waals surface area contributed by atoms with Crippen molar-refractivity contribution < 1.29 is 38.6 Å². The molecule has 0 aliphatic carbocycles. The Morgan fingerprint density at radius 1 is 1.33 bits per heavy atom. The predicted octanol–water partition coefficient (Wildman–Crippen LogP) is -3.01. The minimum atomic E-state index is -4.94. The monoisotopic (exact) mass is 239 g/mol. The van der Waals surface area contributed by atoms with Crippen LogP contribution in [-0.2, 0) is 6.42 Å². The summed E-state index contributed by atoms with van der Waals surface area (Å²) in [5, 5.41) is 2.87. The van der Waals surface area contributed by atoms with Crippen molar-refractivity contribution in [1.29, 1.82) is 0 Å². The van der Waals surface area contributed by atoms with Crippen LogP contribution in [0.1, 0.15) is 31.2 Å². The van der Waals surface area contributed by atoms with Gasteiger partial charge in [0.1, 0.15) is 0 Å². The van der Waals surface area contributed by atoms with Crippen molar-refractivity contribution in [2.24, 2.45) is 0 Å². The predicted molar refractivity (Wildman–Crippen MR) is 38.6 cm³/mol. The second-order valence-corrected chi connectivity index (χ2v) is 3.72. The van der Waals surface area contributed by atoms with Gasteiger partial charge in [-0.05, 0) is 11.6 Å². The van der Waals surface area contributed by atoms with Crippen LogP contribution in [-0.4, -0.2) is 0 Å². The Bertz CT molecular complexity index is 264. The summed E-state index contributed by atoms with van der Waals surface area (Å²) in [5.41, 5.74) is 1.21. The van der Waals surface area contributed by atoms with Crippen LogP contribution in [0.15, 0.2) is 10.6 Å². The van der Waals surface area contributed by atoms with E-state index in [0.717, 1.165) is 12.2 Å². The Morgan fingerprint density at radius 3 is 2.20 bits per heavy atom. The van der Waals surface area contributed by atoms with Gasteiger partial charge in [-0.15, -0.1) is 10.2 Å². The first-order chi connectivity index (χ1) is 6.83. The number of nitrogens with one attached hydrogen (secondary N) is 1. The van der Waals surface area contributed by atoms with E-state index in [2.05, 4.69) is 18.1 Å². The smallest absolute Gasteiger partial charge is 0.229 e. The van der Waals surface area contributed by atoms with Crippen LogP contribution in [0.4, 0.5) is 0 Å². The number of hydrogen-bond donors (Lipinski definition) is 0. The maximum atomic E-state index is 8.49. The lowest BCUT2D eigenvalue weighted by Gasteiger charge is -2.17. The van der Waals surface area contributed by atoms with Crippen molar-refractivity contribution in [2.75, 3.05) is 0 Å². The van der Waals surface area contributed by atoms with Gasteiger partial charge in [0, 0.05) is 13.3 Å². The van der Waals surface area contributed by atoms with Gasteiger partial charge in [0.25, 0.3) is 0 Å². The maximum absolute atomic E-state index is 8.49. The number of hydrogen-bond acceptors (Lipinski definition) is 5. The van der Waals surface area contributed by atoms with E-state index in [1.54, 1.807) is 0 Å². The minimum Gasteiger partial charge on any atom is -0.244 e. The standard InChI is InChI=1S/C8H13NO.ClHO4/c1-3-4-5-8-6-7(2)10-9-8;2-1(3,4)5/h6H,3-5H2,1-2H3;(H,2,3,4,5). The van der Waals surface area contributed by atoms with E-state index in [4.69, 9.17) is 23.2 Å². The molecule has 1 aromatic rings. The van der Waals surface area contributed by atoms with Crippen molar-refractivity contribution in [3.8, 4) is 0 Å². The summed E-state index contributed by atoms with van der Waals surface area (Å²) in [6.07, 6.45) is 3.57. The molecular formula is C8H14ClNO5. The molecule has 1 N–H and O–H groups in total. The highest BCUT2D eigenvalue weighted by Crippen LogP contribution is 2.01. The Hall–Kier alpha value is -0.660. The highest BCUT2D eigenvalue weighted by molar-refractivity contribution is 4.98. The fourth-order valence-corrected chi connectivity index (χ4v) is 0.941. The minimum absolute atomic E-state index is 0.964. The molecule has 1 rings (SSSR count). The zero-order valence-electron chi connectivity index (χ0n) is 8.62. The maximum Gasteiger partial charge on any atom is 0.229 e. The molecule has 0 aliphatic rings. The average molecular weight is 240 g/mol. The van der Waals surface area contributed by atoms with Crippen molar-refractivity contribution >= 4 is 0 Å². The quantitative estimate of drug-likeness (QED) is 0.556. The third-order valence-corrected chi connectivity index (χ3v) is 1.52. The van der Waals surface area contributed by atoms with Gasteiger partial charge in [0.05, 0.1) is 6.07 Å². The molecule has 0 saturated heterocycles. The van der Waals surface area contributed by atoms with Crippen LogP contribution in [0.25, 0.3) is 0 Å². The van der Waals surface area contributed by atoms with Crippen LogP contribution in [0, 0.1) is 17.2 Å². The molecule has 0 fully saturated rings. The number of aromatic nitrogens is 1. The molecule has 0 amide bonds. The summed E-state index contributed by atoms with van der Waals surface area (Å²) < 4.78 is 39.0. The molecule has 88 valence electrons. The first kappa shape index (κ1) is 14.3. The molecule has 0 saturated carbocycles. The summed E-state index contributed by atoms with van der Waals surface area (Å²) in [5.74, 6) is 0.964. The molecule has 15 heavy (non-hydrogen) atoms. The lowest BCUT2D eigenvalue weighted by molar-refractivity contribution is -2.00. The number of unbranched alkanes of at least 4 members (excludes halogenated alkanes) is 1. The molecule has 6 nitrogen and oxygen atoms in total. The number of aryl methyl sites for hydroxylation is 2. The summed E-state index contributed by atoms with van der Waals surface area (Å²) >= 11 is 0. The third kappa shape index (κ3) is 11.3. The van der Waals surface area contributed by atoms with Crippen LogP contribution < -0.4 is 23.8 Å². The molecule has 1 heterocycles. The Balaban J connectivity index is 0.000000336. The molecule has 0 aromatic carbocycles. The van der Waals surface area contributed by atoms with E-state index >= 15 is 0 Å². The highest BCUT2D eigenvalue weighted by Gasteiger charge is 2.04. The first-order valence-electron chi connectivity index (χ1n) is 4.41. The molecular weight excluding hydrogens is 226 g/mol. The van der Waals surface area contributed by atoms with Gasteiger partial charge < -0.3 is 0 Å². The third-order valence-electron chi connectivity index (χ3n) is 1.52. The number of aromatic amines is 1. The van der Waals surface area contributed by atoms with E-state index in [-0.39, 0.29) is 0 Å². The zero-order chi connectivity index (χ0) is 11.9. The molecule has 0 radical (unpaired) electrons. The van der Waals surface area contributed by atoms with E-state index in [1.807, 2.05) is 6.92 Å². The fourth-order valence-electron chi connectivity index (χ4n) is 0.941. The second-order valence-electron chi connectivity index (χ2n) is 2.97. The summed E-state index contributed by atoms with van der Waals surface area (Å²) in [6.45, 7) is 4.14. The molecule has 0 bridgehead atoms. The lowest BCUT2D eigenvalue weighted by atomic mass is 10.2. The Labute approximate surface area is 89.9 Å². The van der Waals surface area contributed by atoms with E-state index in [0.29, 0.717) is 0 Å². The van der Waals surface area contributed by atoms with Gasteiger partial charge in [-0.2, -0.15) is 0 Å². The number of H-pyrrole nitrogens is 1. The molecule has 0 unspecified atom stereocenters. The second kappa shape index (κ2) is 6.76. The van der Waals surface area contributed by atoms with Gasteiger partial charge in [-0.1, -0.05) is 13.3 Å². The van der Waals surface area contributed by atoms with Gasteiger partial charge in [0.2, 0.25) is 5.69 Å². The Kier molecular flexibility index (Phi) is 6.46. The largest absolute Gasteiger partial charge is 0.244 e. The van der Waals surface area contributed by atoms with Gasteiger partial charge in [-0.3, -0.25) is 0 Å². The molecule has 0 atom stereocenters. The van der Waals surface area contributed by atoms with Crippen LogP contribution in [0.2, 0.25) is 0 Å². The topological polar surface area (TPSA) is 120 Å². The van der Waals surface area contributed by atoms with Crippen LogP contribution in [0.3, 0.4) is 0 Å². The summed E-state index contributed by atoms with van der Waals surface area (Å²) in [4.78, 5) is 0. The van der Waals surface area contributed by atoms with E-state index in [9.17, 15) is 0 Å². The molecule has 0 spiro atoms. The average Bonchev–Trinajstić information content (AvgIpc) is 2.45. The van der Waals surface area contributed by atoms with Crippen LogP contribution in [0.5, 0.6) is 0 Å². The van der Waals surface area contributed by atoms with Crippen LogP contribution >= 0.6 is 0 Å². The highest BCUT2D eigenvalue weighted by atomic mass is 35.7. The van der Waals surface area contributed by atoms with E-state index < -0.39 is 10.2 Å². The summed E-state index contributed by atoms with van der Waals surface area (Å²) in [7, 11) is -4.94. The normalized spacial score (nSPS) is 10.8. The number of rotatable bonds is 3. The summed E-state index contributed by atoms with van der Waals surface area (Å²) in [6, 6.07) is 2.05. The van der Waals surface area contributed by atoms with E-state index in [1.165, 1.54) is 18.5 Å². The van der Waals surface area contributed by atoms with Crippen molar-refractivity contribution in [2.45, 2.75) is 33.1 Å². The van der Waals surface area contributed by atoms with Crippen molar-refractivity contribution in [1.82, 2.24) is 0 Å². The molecule has 1 aromatic heterocycles. The van der Waals surface area contributed by atoms with Gasteiger partial charge in [-0.25, -0.2) is 23.2 Å². The van der Waals surface area contributed by atoms with Crippen molar-refractivity contribution in [3.05, 3.63) is 17.5 Å². The Morgan fingerprint density at radius 2 is 1.87 bits per heavy atom. The SMILES string of the molecule is CCCCc1cc(C)o[nH+]1.[O-][Cl+3]([O-])([O-])[O-]. The number of halogens is 1.